The summed E-state index contributed by atoms with van der Waals surface area (Å²) < 4.78 is 0. The van der Waals surface area contributed by atoms with Gasteiger partial charge in [0.2, 0.25) is 5.91 Å². The van der Waals surface area contributed by atoms with Gasteiger partial charge in [-0.25, -0.2) is 0 Å². The molecule has 0 radical (unpaired) electrons. The highest BCUT2D eigenvalue weighted by Gasteiger charge is 2.25. The molecule has 1 aromatic carbocycles. The van der Waals surface area contributed by atoms with Gasteiger partial charge >= 0.3 is 0 Å². The molecule has 1 saturated heterocycles. The van der Waals surface area contributed by atoms with Gasteiger partial charge in [0.05, 0.1) is 0 Å². The van der Waals surface area contributed by atoms with E-state index in [9.17, 15) is 4.79 Å². The minimum absolute atomic E-state index is 0.205. The van der Waals surface area contributed by atoms with Crippen LogP contribution in [0.2, 0.25) is 0 Å². The Morgan fingerprint density at radius 1 is 1.30 bits per heavy atom. The van der Waals surface area contributed by atoms with Crippen molar-refractivity contribution in [3.05, 3.63) is 35.9 Å². The number of rotatable bonds is 5. The summed E-state index contributed by atoms with van der Waals surface area (Å²) in [5.74, 6) is 0.453. The number of nitrogens with one attached hydrogen (secondary N) is 1. The first-order chi connectivity index (χ1) is 9.69. The summed E-state index contributed by atoms with van der Waals surface area (Å²) >= 11 is 0. The van der Waals surface area contributed by atoms with Crippen molar-refractivity contribution in [3.63, 3.8) is 0 Å². The Bertz CT molecular complexity index is 410. The highest BCUT2D eigenvalue weighted by Crippen LogP contribution is 2.19. The first-order valence-electron chi connectivity index (χ1n) is 7.75. The Morgan fingerprint density at radius 2 is 1.95 bits per heavy atom. The van der Waals surface area contributed by atoms with E-state index in [0.717, 1.165) is 38.9 Å². The fourth-order valence-electron chi connectivity index (χ4n) is 2.66. The number of carbonyl (C=O) groups is 1. The van der Waals surface area contributed by atoms with Crippen molar-refractivity contribution < 1.29 is 4.79 Å². The molecule has 1 aliphatic rings. The predicted octanol–water partition coefficient (Wildman–Crippen LogP) is 2.81. The maximum absolute atomic E-state index is 12.1. The fourth-order valence-corrected chi connectivity index (χ4v) is 2.66. The third-order valence-electron chi connectivity index (χ3n) is 4.21. The van der Waals surface area contributed by atoms with Crippen LogP contribution in [0.15, 0.2) is 30.3 Å². The molecule has 3 heteroatoms. The van der Waals surface area contributed by atoms with Crippen LogP contribution in [0.25, 0.3) is 0 Å². The van der Waals surface area contributed by atoms with Gasteiger partial charge in [0.25, 0.3) is 0 Å². The molecule has 0 saturated carbocycles. The lowest BCUT2D eigenvalue weighted by atomic mass is 9.95. The second-order valence-corrected chi connectivity index (χ2v) is 5.85. The summed E-state index contributed by atoms with van der Waals surface area (Å²) in [5.41, 5.74) is 1.36. The Labute approximate surface area is 122 Å². The third-order valence-corrected chi connectivity index (χ3v) is 4.21. The van der Waals surface area contributed by atoms with E-state index in [1.165, 1.54) is 5.56 Å². The topological polar surface area (TPSA) is 32.3 Å². The summed E-state index contributed by atoms with van der Waals surface area (Å²) in [4.78, 5) is 14.5. The SMILES string of the molecule is CC[C@@H](C)NC(=O)C1CCN(Cc2ccccc2)CC1. The quantitative estimate of drug-likeness (QED) is 0.895. The smallest absolute Gasteiger partial charge is 0.223 e. The second kappa shape index (κ2) is 7.44. The number of likely N-dealkylation sites (tertiary alicyclic amines) is 1. The molecule has 1 heterocycles. The number of hydrogen-bond donors (Lipinski definition) is 1. The van der Waals surface area contributed by atoms with E-state index >= 15 is 0 Å². The minimum Gasteiger partial charge on any atom is -0.353 e. The van der Waals surface area contributed by atoms with E-state index in [1.807, 2.05) is 0 Å². The van der Waals surface area contributed by atoms with E-state index in [4.69, 9.17) is 0 Å². The summed E-state index contributed by atoms with van der Waals surface area (Å²) in [7, 11) is 0. The molecule has 1 atom stereocenters. The van der Waals surface area contributed by atoms with Crippen molar-refractivity contribution >= 4 is 5.91 Å². The Kier molecular flexibility index (Phi) is 5.60. The van der Waals surface area contributed by atoms with Crippen LogP contribution >= 0.6 is 0 Å². The summed E-state index contributed by atoms with van der Waals surface area (Å²) in [6.45, 7) is 7.22. The monoisotopic (exact) mass is 274 g/mol. The fraction of sp³-hybridized carbons (Fsp3) is 0.588. The number of carbonyl (C=O) groups excluding carboxylic acids is 1. The normalized spacial score (nSPS) is 18.7. The molecule has 0 bridgehead atoms. The zero-order chi connectivity index (χ0) is 14.4. The van der Waals surface area contributed by atoms with Crippen LogP contribution in [-0.4, -0.2) is 29.9 Å². The van der Waals surface area contributed by atoms with Crippen LogP contribution in [0.4, 0.5) is 0 Å². The van der Waals surface area contributed by atoms with Gasteiger partial charge in [-0.05, 0) is 44.8 Å². The molecule has 1 amide bonds. The molecule has 2 rings (SSSR count). The van der Waals surface area contributed by atoms with Gasteiger partial charge < -0.3 is 5.32 Å². The molecule has 20 heavy (non-hydrogen) atoms. The first kappa shape index (κ1) is 15.0. The van der Waals surface area contributed by atoms with Crippen molar-refractivity contribution in [1.82, 2.24) is 10.2 Å². The first-order valence-corrected chi connectivity index (χ1v) is 7.75. The molecule has 0 spiro atoms. The molecule has 0 aliphatic carbocycles. The molecule has 3 nitrogen and oxygen atoms in total. The second-order valence-electron chi connectivity index (χ2n) is 5.85. The van der Waals surface area contributed by atoms with E-state index in [1.54, 1.807) is 0 Å². The van der Waals surface area contributed by atoms with E-state index in [-0.39, 0.29) is 11.8 Å². The van der Waals surface area contributed by atoms with Crippen LogP contribution in [0.3, 0.4) is 0 Å². The highest BCUT2D eigenvalue weighted by atomic mass is 16.1. The highest BCUT2D eigenvalue weighted by molar-refractivity contribution is 5.79. The number of hydrogen-bond acceptors (Lipinski definition) is 2. The number of piperidine rings is 1. The van der Waals surface area contributed by atoms with Gasteiger partial charge in [-0.1, -0.05) is 37.3 Å². The average Bonchev–Trinajstić information content (AvgIpc) is 2.49. The lowest BCUT2D eigenvalue weighted by molar-refractivity contribution is -0.127. The molecule has 1 fully saturated rings. The van der Waals surface area contributed by atoms with Crippen molar-refractivity contribution in [2.75, 3.05) is 13.1 Å². The van der Waals surface area contributed by atoms with E-state index in [2.05, 4.69) is 54.4 Å². The standard InChI is InChI=1S/C17H26N2O/c1-3-14(2)18-17(20)16-9-11-19(12-10-16)13-15-7-5-4-6-8-15/h4-8,14,16H,3,9-13H2,1-2H3,(H,18,20)/t14-/m1/s1. The largest absolute Gasteiger partial charge is 0.353 e. The van der Waals surface area contributed by atoms with Gasteiger partial charge in [-0.3, -0.25) is 9.69 Å². The minimum atomic E-state index is 0.205. The van der Waals surface area contributed by atoms with E-state index in [0.29, 0.717) is 6.04 Å². The molecule has 0 unspecified atom stereocenters. The molecule has 1 N–H and O–H groups in total. The molecule has 110 valence electrons. The van der Waals surface area contributed by atoms with Crippen LogP contribution in [0.1, 0.15) is 38.7 Å². The zero-order valence-electron chi connectivity index (χ0n) is 12.6. The van der Waals surface area contributed by atoms with Gasteiger partial charge in [-0.2, -0.15) is 0 Å². The molecule has 1 aliphatic heterocycles. The van der Waals surface area contributed by atoms with Gasteiger partial charge in [0.1, 0.15) is 0 Å². The van der Waals surface area contributed by atoms with Crippen molar-refractivity contribution in [2.24, 2.45) is 5.92 Å². The van der Waals surface area contributed by atoms with Crippen LogP contribution < -0.4 is 5.32 Å². The number of benzene rings is 1. The maximum atomic E-state index is 12.1. The molecule has 0 aromatic heterocycles. The Hall–Kier alpha value is -1.35. The summed E-state index contributed by atoms with van der Waals surface area (Å²) in [6.07, 6.45) is 2.96. The predicted molar refractivity (Wildman–Crippen MR) is 82.3 cm³/mol. The Morgan fingerprint density at radius 3 is 2.55 bits per heavy atom. The summed E-state index contributed by atoms with van der Waals surface area (Å²) in [6, 6.07) is 10.9. The zero-order valence-corrected chi connectivity index (χ0v) is 12.6. The van der Waals surface area contributed by atoms with Crippen molar-refractivity contribution in [3.8, 4) is 0 Å². The van der Waals surface area contributed by atoms with E-state index < -0.39 is 0 Å². The van der Waals surface area contributed by atoms with Crippen molar-refractivity contribution in [2.45, 2.75) is 45.7 Å². The maximum Gasteiger partial charge on any atom is 0.223 e. The van der Waals surface area contributed by atoms with Crippen molar-refractivity contribution in [1.29, 1.82) is 0 Å². The van der Waals surface area contributed by atoms with Crippen LogP contribution in [0, 0.1) is 5.92 Å². The summed E-state index contributed by atoms with van der Waals surface area (Å²) in [5, 5.41) is 3.11. The van der Waals surface area contributed by atoms with Gasteiger partial charge in [0.15, 0.2) is 0 Å². The lowest BCUT2D eigenvalue weighted by Crippen LogP contribution is -2.42. The molecule has 1 aromatic rings. The van der Waals surface area contributed by atoms with Crippen LogP contribution in [-0.2, 0) is 11.3 Å². The molecular formula is C17H26N2O. The number of nitrogens with zero attached hydrogens (tertiary/aromatic N) is 1. The van der Waals surface area contributed by atoms with Gasteiger partial charge in [-0.15, -0.1) is 0 Å². The molecular weight excluding hydrogens is 248 g/mol. The average molecular weight is 274 g/mol. The Balaban J connectivity index is 1.76. The van der Waals surface area contributed by atoms with Crippen LogP contribution in [0.5, 0.6) is 0 Å². The number of amides is 1. The van der Waals surface area contributed by atoms with Gasteiger partial charge in [0, 0.05) is 18.5 Å². The third kappa shape index (κ3) is 4.34. The lowest BCUT2D eigenvalue weighted by Gasteiger charge is -2.31.